The van der Waals surface area contributed by atoms with Gasteiger partial charge in [0.15, 0.2) is 0 Å². The summed E-state index contributed by atoms with van der Waals surface area (Å²) in [4.78, 5) is 67.2. The average Bonchev–Trinajstić information content (AvgIpc) is 3.38. The van der Waals surface area contributed by atoms with Gasteiger partial charge >= 0.3 is 23.9 Å². The van der Waals surface area contributed by atoms with Gasteiger partial charge in [-0.15, -0.1) is 0 Å². The number of cyclic esters (lactones) is 1. The van der Waals surface area contributed by atoms with Gasteiger partial charge in [0.25, 0.3) is 0 Å². The lowest BCUT2D eigenvalue weighted by Gasteiger charge is -2.35. The molecule has 1 heterocycles. The molecule has 1 amide bonds. The van der Waals surface area contributed by atoms with Crippen LogP contribution in [-0.4, -0.2) is 167 Å². The van der Waals surface area contributed by atoms with Gasteiger partial charge in [0.05, 0.1) is 31.0 Å². The summed E-state index contributed by atoms with van der Waals surface area (Å²) in [6.45, 7) is 18.7. The minimum Gasteiger partial charge on any atom is -0.462 e. The minimum absolute atomic E-state index is 0.104. The number of esters is 4. The summed E-state index contributed by atoms with van der Waals surface area (Å²) in [5.41, 5.74) is 1.10. The van der Waals surface area contributed by atoms with Gasteiger partial charge in [-0.3, -0.25) is 24.1 Å². The van der Waals surface area contributed by atoms with E-state index >= 15 is 0 Å². The predicted molar refractivity (Wildman–Crippen MR) is 292 cm³/mol. The molecule has 17 nitrogen and oxygen atoms in total. The molecule has 3 N–H and O–H groups in total. The van der Waals surface area contributed by atoms with Gasteiger partial charge < -0.3 is 53.6 Å². The van der Waals surface area contributed by atoms with Gasteiger partial charge in [-0.25, -0.2) is 4.79 Å². The van der Waals surface area contributed by atoms with Crippen LogP contribution in [0.5, 0.6) is 0 Å². The van der Waals surface area contributed by atoms with Crippen LogP contribution in [0, 0.1) is 41.4 Å². The molecule has 17 atom stereocenters. The fourth-order valence-electron chi connectivity index (χ4n) is 9.24. The van der Waals surface area contributed by atoms with Gasteiger partial charge in [-0.1, -0.05) is 91.0 Å². The molecule has 0 saturated heterocycles. The van der Waals surface area contributed by atoms with E-state index in [1.807, 2.05) is 53.7 Å². The third-order valence-electron chi connectivity index (χ3n) is 14.9. The number of allylic oxidation sites excluding steroid dienone is 3. The van der Waals surface area contributed by atoms with E-state index < -0.39 is 90.3 Å². The number of aliphatic hydroxyl groups excluding tert-OH is 2. The summed E-state index contributed by atoms with van der Waals surface area (Å²) in [6, 6.07) is -1.28. The molecular formula is C58H99N3O14. The minimum atomic E-state index is -0.973. The fourth-order valence-corrected chi connectivity index (χ4v) is 9.24. The highest BCUT2D eigenvalue weighted by Gasteiger charge is 2.37. The first-order chi connectivity index (χ1) is 35.4. The zero-order valence-corrected chi connectivity index (χ0v) is 48.6. The lowest BCUT2D eigenvalue weighted by molar-refractivity contribution is -0.166. The highest BCUT2D eigenvalue weighted by Crippen LogP contribution is 2.32. The smallest absolute Gasteiger partial charge is 0.331 e. The van der Waals surface area contributed by atoms with Crippen LogP contribution >= 0.6 is 0 Å². The number of carbonyl (C=O) groups excluding carboxylic acids is 5. The number of carbonyl (C=O) groups is 5. The molecule has 0 radical (unpaired) electrons. The third kappa shape index (κ3) is 25.2. The van der Waals surface area contributed by atoms with Crippen LogP contribution in [0.1, 0.15) is 121 Å². The molecule has 1 aliphatic rings. The van der Waals surface area contributed by atoms with Gasteiger partial charge in [0.1, 0.15) is 36.5 Å². The number of ether oxygens (including phenoxy) is 7. The Morgan fingerprint density at radius 1 is 0.920 bits per heavy atom. The first kappa shape index (κ1) is 68.8. The van der Waals surface area contributed by atoms with Crippen molar-refractivity contribution in [2.75, 3.05) is 56.1 Å². The van der Waals surface area contributed by atoms with Gasteiger partial charge in [-0.05, 0) is 96.8 Å². The largest absolute Gasteiger partial charge is 0.462 e. The molecule has 17 unspecified atom stereocenters. The van der Waals surface area contributed by atoms with Crippen molar-refractivity contribution in [1.82, 2.24) is 15.1 Å². The average molecular weight is 1060 g/mol. The van der Waals surface area contributed by atoms with Crippen molar-refractivity contribution in [3.63, 3.8) is 0 Å². The van der Waals surface area contributed by atoms with Crippen molar-refractivity contribution in [3.8, 4) is 0 Å². The Bertz CT molecular complexity index is 1840. The zero-order valence-electron chi connectivity index (χ0n) is 48.6. The number of aliphatic hydroxyl groups is 2. The molecule has 0 aromatic heterocycles. The van der Waals surface area contributed by atoms with Gasteiger partial charge in [0, 0.05) is 84.1 Å². The number of hydrogen-bond acceptors (Lipinski definition) is 16. The van der Waals surface area contributed by atoms with Crippen LogP contribution in [0.3, 0.4) is 0 Å². The van der Waals surface area contributed by atoms with Gasteiger partial charge in [0.2, 0.25) is 6.41 Å². The summed E-state index contributed by atoms with van der Waals surface area (Å²) >= 11 is 0. The number of amides is 1. The maximum Gasteiger partial charge on any atom is 0.331 e. The lowest BCUT2D eigenvalue weighted by Crippen LogP contribution is -2.44. The van der Waals surface area contributed by atoms with E-state index in [1.165, 1.54) is 25.0 Å². The Hall–Kier alpha value is -4.23. The molecule has 0 aromatic carbocycles. The van der Waals surface area contributed by atoms with E-state index in [4.69, 9.17) is 33.2 Å². The molecule has 0 bridgehead atoms. The fraction of sp³-hybridized carbons (Fsp3) is 0.741. The molecule has 75 heavy (non-hydrogen) atoms. The molecule has 430 valence electrons. The zero-order chi connectivity index (χ0) is 56.9. The van der Waals surface area contributed by atoms with Crippen LogP contribution < -0.4 is 5.32 Å². The van der Waals surface area contributed by atoms with Crippen molar-refractivity contribution < 1.29 is 67.3 Å². The number of nitrogens with zero attached hydrogens (tertiary/aromatic N) is 2. The lowest BCUT2D eigenvalue weighted by atomic mass is 9.82. The summed E-state index contributed by atoms with van der Waals surface area (Å²) in [7, 11) is 11.7. The summed E-state index contributed by atoms with van der Waals surface area (Å²) in [5, 5.41) is 26.6. The monoisotopic (exact) mass is 1060 g/mol. The van der Waals surface area contributed by atoms with E-state index in [2.05, 4.69) is 25.2 Å². The Kier molecular flexibility index (Phi) is 33.7. The van der Waals surface area contributed by atoms with Crippen molar-refractivity contribution >= 4 is 30.3 Å². The second-order valence-corrected chi connectivity index (χ2v) is 21.3. The van der Waals surface area contributed by atoms with Crippen molar-refractivity contribution in [3.05, 3.63) is 60.4 Å². The second-order valence-electron chi connectivity index (χ2n) is 21.3. The molecule has 0 saturated carbocycles. The SMILES string of the molecule is CNC(COC)C(=O)OC1CC=CC=CC(=O)OC(C(C)C(O)C(C)CCC(OC(=O)C(C)N(C)C)C(C)C(OC(C)=O)C(C)C=CN(C)C=O)CC=CC(OC)CC(C)CC=C(C)C(OC)CCC(C)C(O)C1C. The van der Waals surface area contributed by atoms with Crippen LogP contribution in [0.2, 0.25) is 0 Å². The second kappa shape index (κ2) is 36.7. The standard InChI is InChI=1S/C58H99N3O14/c1-37-26-27-38(2)49(71-17)30-28-39(3)55(66)43(7)51(75-58(68)48(59-11)35-69-15)23-19-18-20-25-53(64)73-50(24-21-22-47(34-37)70-16)42(6)54(65)40(4)29-31-52(74-57(67)45(9)60(12)13)44(8)56(72-46(10)63)41(5)32-33-61(14)36-62/h18-22,25,27,32-33,36-37,39-45,47-52,54-56,59,65-66H,23-24,26,28-31,34-35H2,1-17H3. The molecule has 0 spiro atoms. The summed E-state index contributed by atoms with van der Waals surface area (Å²) in [6.07, 6.45) is 15.5. The Morgan fingerprint density at radius 2 is 1.60 bits per heavy atom. The van der Waals surface area contributed by atoms with Crippen LogP contribution in [0.25, 0.3) is 0 Å². The van der Waals surface area contributed by atoms with Crippen molar-refractivity contribution in [2.45, 2.75) is 182 Å². The van der Waals surface area contributed by atoms with Crippen molar-refractivity contribution in [2.24, 2.45) is 41.4 Å². The summed E-state index contributed by atoms with van der Waals surface area (Å²) in [5.74, 6) is -4.24. The number of methoxy groups -OCH3 is 3. The number of likely N-dealkylation sites (N-methyl/N-ethyl adjacent to an activating group) is 2. The molecule has 17 heteroatoms. The third-order valence-corrected chi connectivity index (χ3v) is 14.9. The molecule has 1 rings (SSSR count). The van der Waals surface area contributed by atoms with E-state index in [-0.39, 0.29) is 55.3 Å². The molecule has 0 aromatic rings. The maximum absolute atomic E-state index is 13.6. The van der Waals surface area contributed by atoms with Crippen LogP contribution in [0.15, 0.2) is 60.4 Å². The number of nitrogens with one attached hydrogen (secondary N) is 1. The maximum atomic E-state index is 13.6. The molecule has 1 aliphatic heterocycles. The quantitative estimate of drug-likeness (QED) is 0.0394. The van der Waals surface area contributed by atoms with E-state index in [1.54, 1.807) is 84.7 Å². The normalized spacial score (nSPS) is 26.8. The first-order valence-electron chi connectivity index (χ1n) is 26.9. The van der Waals surface area contributed by atoms with E-state index in [0.717, 1.165) is 18.4 Å². The van der Waals surface area contributed by atoms with Gasteiger partial charge in [-0.2, -0.15) is 0 Å². The van der Waals surface area contributed by atoms with E-state index in [9.17, 15) is 34.2 Å². The Morgan fingerprint density at radius 3 is 2.19 bits per heavy atom. The number of rotatable bonds is 23. The number of hydrogen-bond donors (Lipinski definition) is 3. The molecular weight excluding hydrogens is 963 g/mol. The van der Waals surface area contributed by atoms with Crippen LogP contribution in [0.4, 0.5) is 0 Å². The molecule has 0 aliphatic carbocycles. The predicted octanol–water partition coefficient (Wildman–Crippen LogP) is 7.39. The topological polar surface area (TPSA) is 209 Å². The Labute approximate surface area is 450 Å². The first-order valence-corrected chi connectivity index (χ1v) is 26.9. The van der Waals surface area contributed by atoms with Crippen molar-refractivity contribution in [1.29, 1.82) is 0 Å². The Balaban J connectivity index is 3.68. The van der Waals surface area contributed by atoms with Crippen LogP contribution in [-0.2, 0) is 57.1 Å². The summed E-state index contributed by atoms with van der Waals surface area (Å²) < 4.78 is 41.2. The highest BCUT2D eigenvalue weighted by molar-refractivity contribution is 5.82. The van der Waals surface area contributed by atoms with E-state index in [0.29, 0.717) is 32.1 Å². The molecule has 0 fully saturated rings. The highest BCUT2D eigenvalue weighted by atomic mass is 16.6.